The summed E-state index contributed by atoms with van der Waals surface area (Å²) in [6.45, 7) is 4.44. The third-order valence-corrected chi connectivity index (χ3v) is 5.47. The Bertz CT molecular complexity index is 431. The molecule has 1 N–H and O–H groups in total. The van der Waals surface area contributed by atoms with Crippen LogP contribution in [0.25, 0.3) is 0 Å². The molecular weight excluding hydrogens is 376 g/mol. The first kappa shape index (κ1) is 28.7. The van der Waals surface area contributed by atoms with Crippen LogP contribution in [0.2, 0.25) is 0 Å². The predicted octanol–water partition coefficient (Wildman–Crippen LogP) is 7.99. The molecule has 0 aromatic heterocycles. The van der Waals surface area contributed by atoms with Crippen LogP contribution in [-0.4, -0.2) is 23.1 Å². The average Bonchev–Trinajstić information content (AvgIpc) is 2.71. The molecule has 0 aromatic rings. The number of carbonyl (C=O) groups excluding carboxylic acids is 1. The molecule has 30 heavy (non-hydrogen) atoms. The van der Waals surface area contributed by atoms with Crippen molar-refractivity contribution in [3.63, 3.8) is 0 Å². The van der Waals surface area contributed by atoms with Gasteiger partial charge < -0.3 is 9.84 Å². The normalized spacial score (nSPS) is 12.3. The highest BCUT2D eigenvalue weighted by atomic mass is 16.5. The zero-order valence-electron chi connectivity index (χ0n) is 19.8. The summed E-state index contributed by atoms with van der Waals surface area (Å²) in [4.78, 5) is 22.8. The van der Waals surface area contributed by atoms with E-state index in [9.17, 15) is 9.59 Å². The minimum absolute atomic E-state index is 0.0750. The van der Waals surface area contributed by atoms with Gasteiger partial charge in [-0.3, -0.25) is 9.59 Å². The lowest BCUT2D eigenvalue weighted by atomic mass is 10.1. The quantitative estimate of drug-likeness (QED) is 0.109. The Morgan fingerprint density at radius 3 is 1.90 bits per heavy atom. The zero-order chi connectivity index (χ0) is 22.3. The molecule has 0 rings (SSSR count). The van der Waals surface area contributed by atoms with Crippen molar-refractivity contribution in [3.05, 3.63) is 12.2 Å². The summed E-state index contributed by atoms with van der Waals surface area (Å²) in [6, 6.07) is 0. The van der Waals surface area contributed by atoms with Gasteiger partial charge in [-0.25, -0.2) is 0 Å². The molecule has 0 aliphatic carbocycles. The van der Waals surface area contributed by atoms with E-state index < -0.39 is 5.97 Å². The summed E-state index contributed by atoms with van der Waals surface area (Å²) in [5.74, 6) is -0.799. The van der Waals surface area contributed by atoms with E-state index in [0.29, 0.717) is 6.42 Å². The monoisotopic (exact) mass is 424 g/mol. The van der Waals surface area contributed by atoms with Gasteiger partial charge in [0.2, 0.25) is 0 Å². The number of carboxylic acids is 1. The number of esters is 1. The van der Waals surface area contributed by atoms with Crippen LogP contribution in [0.15, 0.2) is 12.2 Å². The molecule has 0 saturated carbocycles. The van der Waals surface area contributed by atoms with Crippen molar-refractivity contribution in [2.75, 3.05) is 0 Å². The van der Waals surface area contributed by atoms with Crippen molar-refractivity contribution < 1.29 is 19.4 Å². The molecule has 0 aromatic carbocycles. The Kier molecular flexibility index (Phi) is 21.4. The predicted molar refractivity (Wildman–Crippen MR) is 126 cm³/mol. The van der Waals surface area contributed by atoms with Crippen LogP contribution in [0.1, 0.15) is 136 Å². The fourth-order valence-corrected chi connectivity index (χ4v) is 3.56. The third-order valence-electron chi connectivity index (χ3n) is 5.47. The number of carbonyl (C=O) groups is 2. The molecule has 1 unspecified atom stereocenters. The molecular formula is C26H48O4. The molecule has 4 nitrogen and oxygen atoms in total. The summed E-state index contributed by atoms with van der Waals surface area (Å²) >= 11 is 0. The number of ether oxygens (including phenoxy) is 1. The van der Waals surface area contributed by atoms with E-state index in [1.165, 1.54) is 57.8 Å². The van der Waals surface area contributed by atoms with Gasteiger partial charge in [0.25, 0.3) is 0 Å². The minimum Gasteiger partial charge on any atom is -0.481 e. The van der Waals surface area contributed by atoms with Gasteiger partial charge in [-0.15, -0.1) is 0 Å². The van der Waals surface area contributed by atoms with Crippen LogP contribution >= 0.6 is 0 Å². The second kappa shape index (κ2) is 22.4. The highest BCUT2D eigenvalue weighted by Crippen LogP contribution is 2.14. The standard InChI is InChI=1S/C26H48O4/c1-3-5-7-9-11-12-16-20-24(21-17-14-15-18-22-25(27)28)30-26(29)23-19-13-10-8-6-4-2/h16,20,24H,3-15,17-19,21-23H2,1-2H3,(H,27,28)/b20-16-. The Labute approximate surface area is 185 Å². The Morgan fingerprint density at radius 2 is 1.27 bits per heavy atom. The number of carboxylic acid groups (broad SMARTS) is 1. The summed E-state index contributed by atoms with van der Waals surface area (Å²) in [5.41, 5.74) is 0. The van der Waals surface area contributed by atoms with Gasteiger partial charge in [0.1, 0.15) is 6.10 Å². The molecule has 0 radical (unpaired) electrons. The fraction of sp³-hybridized carbons (Fsp3) is 0.846. The topological polar surface area (TPSA) is 63.6 Å². The Morgan fingerprint density at radius 1 is 0.733 bits per heavy atom. The van der Waals surface area contributed by atoms with E-state index in [4.69, 9.17) is 9.84 Å². The van der Waals surface area contributed by atoms with Crippen LogP contribution < -0.4 is 0 Å². The first-order valence-electron chi connectivity index (χ1n) is 12.7. The number of allylic oxidation sites excluding steroid dienone is 1. The van der Waals surface area contributed by atoms with Crippen LogP contribution in [0.4, 0.5) is 0 Å². The van der Waals surface area contributed by atoms with Crippen LogP contribution in [0, 0.1) is 0 Å². The number of hydrogen-bond donors (Lipinski definition) is 1. The maximum Gasteiger partial charge on any atom is 0.306 e. The highest BCUT2D eigenvalue weighted by molar-refractivity contribution is 5.69. The van der Waals surface area contributed by atoms with Crippen molar-refractivity contribution >= 4 is 11.9 Å². The fourth-order valence-electron chi connectivity index (χ4n) is 3.56. The maximum atomic E-state index is 12.2. The van der Waals surface area contributed by atoms with Gasteiger partial charge >= 0.3 is 11.9 Å². The smallest absolute Gasteiger partial charge is 0.306 e. The van der Waals surface area contributed by atoms with E-state index in [1.807, 2.05) is 0 Å². The second-order valence-corrected chi connectivity index (χ2v) is 8.52. The maximum absolute atomic E-state index is 12.2. The van der Waals surface area contributed by atoms with E-state index in [-0.39, 0.29) is 18.5 Å². The van der Waals surface area contributed by atoms with Crippen LogP contribution in [0.3, 0.4) is 0 Å². The van der Waals surface area contributed by atoms with Crippen molar-refractivity contribution in [3.8, 4) is 0 Å². The number of aliphatic carboxylic acids is 1. The lowest BCUT2D eigenvalue weighted by Crippen LogP contribution is -2.16. The van der Waals surface area contributed by atoms with Crippen LogP contribution in [0.5, 0.6) is 0 Å². The van der Waals surface area contributed by atoms with E-state index in [2.05, 4.69) is 26.0 Å². The summed E-state index contributed by atoms with van der Waals surface area (Å²) in [7, 11) is 0. The molecule has 0 spiro atoms. The lowest BCUT2D eigenvalue weighted by molar-refractivity contribution is -0.147. The summed E-state index contributed by atoms with van der Waals surface area (Å²) < 4.78 is 5.75. The van der Waals surface area contributed by atoms with Gasteiger partial charge in [-0.05, 0) is 44.6 Å². The molecule has 1 atom stereocenters. The van der Waals surface area contributed by atoms with Crippen molar-refractivity contribution in [2.45, 2.75) is 142 Å². The van der Waals surface area contributed by atoms with Gasteiger partial charge in [0.15, 0.2) is 0 Å². The third kappa shape index (κ3) is 21.4. The number of unbranched alkanes of at least 4 members (excludes halogenated alkanes) is 13. The molecule has 0 fully saturated rings. The van der Waals surface area contributed by atoms with Crippen molar-refractivity contribution in [1.29, 1.82) is 0 Å². The van der Waals surface area contributed by atoms with Crippen molar-refractivity contribution in [2.24, 2.45) is 0 Å². The summed E-state index contributed by atoms with van der Waals surface area (Å²) in [6.07, 6.45) is 23.7. The molecule has 0 aliphatic rings. The largest absolute Gasteiger partial charge is 0.481 e. The van der Waals surface area contributed by atoms with E-state index in [0.717, 1.165) is 51.4 Å². The molecule has 0 aliphatic heterocycles. The molecule has 4 heteroatoms. The summed E-state index contributed by atoms with van der Waals surface area (Å²) in [5, 5.41) is 8.71. The minimum atomic E-state index is -0.724. The molecule has 0 heterocycles. The van der Waals surface area contributed by atoms with Gasteiger partial charge in [-0.2, -0.15) is 0 Å². The lowest BCUT2D eigenvalue weighted by Gasteiger charge is -2.15. The molecule has 0 bridgehead atoms. The highest BCUT2D eigenvalue weighted by Gasteiger charge is 2.11. The van der Waals surface area contributed by atoms with Crippen LogP contribution in [-0.2, 0) is 14.3 Å². The number of rotatable bonds is 22. The Hall–Kier alpha value is -1.32. The molecule has 176 valence electrons. The first-order valence-corrected chi connectivity index (χ1v) is 12.7. The molecule has 0 amide bonds. The van der Waals surface area contributed by atoms with Crippen molar-refractivity contribution in [1.82, 2.24) is 0 Å². The van der Waals surface area contributed by atoms with E-state index >= 15 is 0 Å². The van der Waals surface area contributed by atoms with Gasteiger partial charge in [0, 0.05) is 12.8 Å². The second-order valence-electron chi connectivity index (χ2n) is 8.52. The number of hydrogen-bond acceptors (Lipinski definition) is 3. The first-order chi connectivity index (χ1) is 14.6. The SMILES string of the molecule is CCCCCCC/C=C\C(CCCCCCC(=O)O)OC(=O)CCCCCCCC. The zero-order valence-corrected chi connectivity index (χ0v) is 19.8. The van der Waals surface area contributed by atoms with Gasteiger partial charge in [0.05, 0.1) is 0 Å². The Balaban J connectivity index is 4.17. The average molecular weight is 425 g/mol. The molecule has 0 saturated heterocycles. The van der Waals surface area contributed by atoms with E-state index in [1.54, 1.807) is 0 Å². The van der Waals surface area contributed by atoms with Gasteiger partial charge in [-0.1, -0.05) is 90.6 Å².